The smallest absolute Gasteiger partial charge is 0.264 e. The van der Waals surface area contributed by atoms with E-state index in [1.807, 2.05) is 37.3 Å². The molecule has 4 aromatic rings. The molecule has 0 heterocycles. The zero-order chi connectivity index (χ0) is 31.7. The van der Waals surface area contributed by atoms with Gasteiger partial charge in [0.25, 0.3) is 10.0 Å². The summed E-state index contributed by atoms with van der Waals surface area (Å²) < 4.78 is 29.3. The lowest BCUT2D eigenvalue weighted by Gasteiger charge is -2.34. The Morgan fingerprint density at radius 2 is 1.50 bits per heavy atom. The monoisotopic (exact) mass is 651 g/mol. The summed E-state index contributed by atoms with van der Waals surface area (Å²) in [6, 6.07) is 28.3. The van der Waals surface area contributed by atoms with Gasteiger partial charge in [0.2, 0.25) is 11.8 Å². The Labute approximate surface area is 269 Å². The van der Waals surface area contributed by atoms with E-state index in [2.05, 4.69) is 5.32 Å². The summed E-state index contributed by atoms with van der Waals surface area (Å²) in [7, 11) is -4.22. The van der Waals surface area contributed by atoms with Crippen LogP contribution < -0.4 is 9.62 Å². The zero-order valence-corrected chi connectivity index (χ0v) is 26.9. The molecule has 1 N–H and O–H groups in total. The number of carbonyl (C=O) groups excluding carboxylic acids is 2. The van der Waals surface area contributed by atoms with Gasteiger partial charge in [-0.25, -0.2) is 8.42 Å². The highest BCUT2D eigenvalue weighted by Crippen LogP contribution is 2.30. The van der Waals surface area contributed by atoms with Crippen LogP contribution in [0, 0.1) is 6.92 Å². The van der Waals surface area contributed by atoms with Crippen molar-refractivity contribution >= 4 is 50.7 Å². The van der Waals surface area contributed by atoms with Gasteiger partial charge in [0, 0.05) is 29.6 Å². The number of nitrogens with zero attached hydrogens (tertiary/aromatic N) is 2. The molecule has 0 fully saturated rings. The second-order valence-electron chi connectivity index (χ2n) is 10.4. The first-order chi connectivity index (χ1) is 21.1. The van der Waals surface area contributed by atoms with E-state index >= 15 is 0 Å². The lowest BCUT2D eigenvalue weighted by atomic mass is 10.0. The molecule has 0 spiro atoms. The molecule has 0 aromatic heterocycles. The van der Waals surface area contributed by atoms with Crippen molar-refractivity contribution in [3.05, 3.63) is 130 Å². The van der Waals surface area contributed by atoms with Gasteiger partial charge in [0.15, 0.2) is 0 Å². The third-order valence-electron chi connectivity index (χ3n) is 7.17. The molecule has 0 bridgehead atoms. The number of nitrogens with one attached hydrogen (secondary N) is 1. The van der Waals surface area contributed by atoms with Crippen molar-refractivity contribution in [1.82, 2.24) is 10.2 Å². The highest BCUT2D eigenvalue weighted by atomic mass is 35.5. The average Bonchev–Trinajstić information content (AvgIpc) is 3.03. The van der Waals surface area contributed by atoms with Crippen LogP contribution in [0.15, 0.2) is 108 Å². The number of hydrogen-bond donors (Lipinski definition) is 1. The third-order valence-corrected chi connectivity index (χ3v) is 9.55. The van der Waals surface area contributed by atoms with Crippen molar-refractivity contribution < 1.29 is 18.0 Å². The summed E-state index contributed by atoms with van der Waals surface area (Å²) in [5, 5.41) is 3.68. The third kappa shape index (κ3) is 8.20. The van der Waals surface area contributed by atoms with E-state index in [9.17, 15) is 18.0 Å². The molecule has 0 saturated carbocycles. The lowest BCUT2D eigenvalue weighted by Crippen LogP contribution is -2.53. The minimum Gasteiger partial charge on any atom is -0.354 e. The Hall–Kier alpha value is -3.85. The summed E-state index contributed by atoms with van der Waals surface area (Å²) in [5.41, 5.74) is 2.35. The Balaban J connectivity index is 1.83. The quantitative estimate of drug-likeness (QED) is 0.175. The Morgan fingerprint density at radius 1 is 0.864 bits per heavy atom. The number of carbonyl (C=O) groups is 2. The van der Waals surface area contributed by atoms with Crippen molar-refractivity contribution in [3.63, 3.8) is 0 Å². The SMILES string of the molecule is CCCNC(=O)[C@@H](Cc1ccccc1)N(Cc1ccccc1Cl)C(=O)CN(c1cc(Cl)ccc1C)S(=O)(=O)c1ccccc1. The van der Waals surface area contributed by atoms with Crippen molar-refractivity contribution in [2.75, 3.05) is 17.4 Å². The fourth-order valence-electron chi connectivity index (χ4n) is 4.81. The van der Waals surface area contributed by atoms with E-state index in [-0.39, 0.29) is 29.5 Å². The number of rotatable bonds is 13. The van der Waals surface area contributed by atoms with E-state index in [1.54, 1.807) is 61.5 Å². The van der Waals surface area contributed by atoms with Crippen LogP contribution in [0.3, 0.4) is 0 Å². The number of hydrogen-bond acceptors (Lipinski definition) is 4. The second kappa shape index (κ2) is 15.2. The topological polar surface area (TPSA) is 86.8 Å². The van der Waals surface area contributed by atoms with Gasteiger partial charge in [0.05, 0.1) is 10.6 Å². The van der Waals surface area contributed by atoms with Crippen LogP contribution in [0.2, 0.25) is 10.0 Å². The zero-order valence-electron chi connectivity index (χ0n) is 24.6. The van der Waals surface area contributed by atoms with Crippen LogP contribution in [0.1, 0.15) is 30.0 Å². The van der Waals surface area contributed by atoms with E-state index in [1.165, 1.54) is 23.1 Å². The highest BCUT2D eigenvalue weighted by Gasteiger charge is 2.35. The molecule has 7 nitrogen and oxygen atoms in total. The van der Waals surface area contributed by atoms with Gasteiger partial charge in [-0.2, -0.15) is 0 Å². The predicted octanol–water partition coefficient (Wildman–Crippen LogP) is 6.66. The maximum absolute atomic E-state index is 14.5. The Kier molecular flexibility index (Phi) is 11.4. The fourth-order valence-corrected chi connectivity index (χ4v) is 6.67. The first-order valence-corrected chi connectivity index (χ1v) is 16.5. The normalized spacial score (nSPS) is 11.9. The molecular weight excluding hydrogens is 617 g/mol. The molecule has 4 aromatic carbocycles. The molecular formula is C34H35Cl2N3O4S. The minimum absolute atomic E-state index is 0.0106. The second-order valence-corrected chi connectivity index (χ2v) is 13.1. The van der Waals surface area contributed by atoms with Crippen LogP contribution in [0.5, 0.6) is 0 Å². The van der Waals surface area contributed by atoms with Gasteiger partial charge >= 0.3 is 0 Å². The van der Waals surface area contributed by atoms with Crippen LogP contribution in [0.25, 0.3) is 0 Å². The van der Waals surface area contributed by atoms with Gasteiger partial charge in [-0.1, -0.05) is 103 Å². The van der Waals surface area contributed by atoms with Gasteiger partial charge in [-0.05, 0) is 60.4 Å². The summed E-state index contributed by atoms with van der Waals surface area (Å²) in [6.45, 7) is 3.54. The number of aryl methyl sites for hydroxylation is 1. The number of amides is 2. The molecule has 0 radical (unpaired) electrons. The summed E-state index contributed by atoms with van der Waals surface area (Å²) in [4.78, 5) is 29.6. The lowest BCUT2D eigenvalue weighted by molar-refractivity contribution is -0.140. The van der Waals surface area contributed by atoms with E-state index in [0.29, 0.717) is 34.1 Å². The Bertz CT molecular complexity index is 1690. The van der Waals surface area contributed by atoms with Gasteiger partial charge in [0.1, 0.15) is 12.6 Å². The van der Waals surface area contributed by atoms with Crippen LogP contribution in [-0.4, -0.2) is 44.3 Å². The maximum atomic E-state index is 14.5. The molecule has 44 heavy (non-hydrogen) atoms. The summed E-state index contributed by atoms with van der Waals surface area (Å²) in [6.07, 6.45) is 0.924. The van der Waals surface area contributed by atoms with Crippen molar-refractivity contribution in [2.24, 2.45) is 0 Å². The van der Waals surface area contributed by atoms with Gasteiger partial charge in [-0.3, -0.25) is 13.9 Å². The maximum Gasteiger partial charge on any atom is 0.264 e. The standard InChI is InChI=1S/C34H35Cl2N3O4S/c1-3-20-37-34(41)32(21-26-12-6-4-7-13-26)38(23-27-14-10-11-17-30(27)36)33(40)24-39(31-22-28(35)19-18-25(31)2)44(42,43)29-15-8-5-9-16-29/h4-19,22,32H,3,20-21,23-24H2,1-2H3,(H,37,41)/t32-/m1/s1. The predicted molar refractivity (Wildman–Crippen MR) is 176 cm³/mol. The van der Waals surface area contributed by atoms with Crippen LogP contribution in [-0.2, 0) is 32.6 Å². The molecule has 10 heteroatoms. The van der Waals surface area contributed by atoms with Crippen molar-refractivity contribution in [3.8, 4) is 0 Å². The molecule has 230 valence electrons. The molecule has 0 unspecified atom stereocenters. The summed E-state index contributed by atoms with van der Waals surface area (Å²) >= 11 is 12.9. The highest BCUT2D eigenvalue weighted by molar-refractivity contribution is 7.92. The molecule has 0 aliphatic heterocycles. The number of benzene rings is 4. The largest absolute Gasteiger partial charge is 0.354 e. The first-order valence-electron chi connectivity index (χ1n) is 14.3. The van der Waals surface area contributed by atoms with Crippen molar-refractivity contribution in [2.45, 2.75) is 44.2 Å². The molecule has 2 amide bonds. The molecule has 0 aliphatic rings. The first kappa shape index (κ1) is 33.1. The fraction of sp³-hybridized carbons (Fsp3) is 0.235. The number of anilines is 1. The molecule has 0 saturated heterocycles. The number of halogens is 2. The van der Waals surface area contributed by atoms with Crippen LogP contribution >= 0.6 is 23.2 Å². The van der Waals surface area contributed by atoms with Gasteiger partial charge in [-0.15, -0.1) is 0 Å². The molecule has 0 aliphatic carbocycles. The van der Waals surface area contributed by atoms with E-state index in [0.717, 1.165) is 9.87 Å². The van der Waals surface area contributed by atoms with Crippen molar-refractivity contribution in [1.29, 1.82) is 0 Å². The van der Waals surface area contributed by atoms with E-state index < -0.39 is 28.5 Å². The molecule has 4 rings (SSSR count). The van der Waals surface area contributed by atoms with Crippen LogP contribution in [0.4, 0.5) is 5.69 Å². The number of sulfonamides is 1. The van der Waals surface area contributed by atoms with Gasteiger partial charge < -0.3 is 10.2 Å². The van der Waals surface area contributed by atoms with E-state index in [4.69, 9.17) is 23.2 Å². The average molecular weight is 653 g/mol. The summed E-state index contributed by atoms with van der Waals surface area (Å²) in [5.74, 6) is -0.913. The minimum atomic E-state index is -4.22. The Morgan fingerprint density at radius 3 is 2.16 bits per heavy atom. The molecule has 1 atom stereocenters.